The standard InChI is InChI=1S/C12H16N4O/c1-9-11-8-10(15-4-6-17-7-5-15)2-3-16(11)12(13)14-9/h2-3,8H,4-7H2,1H3,(H2,13,14). The van der Waals surface area contributed by atoms with Crippen LogP contribution in [0.4, 0.5) is 11.6 Å². The fourth-order valence-electron chi connectivity index (χ4n) is 2.27. The largest absolute Gasteiger partial charge is 0.378 e. The lowest BCUT2D eigenvalue weighted by Crippen LogP contribution is -2.36. The Balaban J connectivity index is 2.03. The van der Waals surface area contributed by atoms with Crippen molar-refractivity contribution in [2.45, 2.75) is 6.92 Å². The summed E-state index contributed by atoms with van der Waals surface area (Å²) in [5, 5.41) is 0. The third-order valence-electron chi connectivity index (χ3n) is 3.21. The average molecular weight is 232 g/mol. The van der Waals surface area contributed by atoms with E-state index in [1.54, 1.807) is 0 Å². The average Bonchev–Trinajstić information content (AvgIpc) is 2.66. The van der Waals surface area contributed by atoms with Crippen molar-refractivity contribution < 1.29 is 4.74 Å². The number of nitrogen functional groups attached to an aromatic ring is 1. The number of ether oxygens (including phenoxy) is 1. The summed E-state index contributed by atoms with van der Waals surface area (Å²) in [5.41, 5.74) is 9.08. The van der Waals surface area contributed by atoms with Crippen molar-refractivity contribution in [3.05, 3.63) is 24.0 Å². The molecule has 0 amide bonds. The normalized spacial score (nSPS) is 16.6. The quantitative estimate of drug-likeness (QED) is 0.799. The molecule has 0 atom stereocenters. The number of hydrogen-bond acceptors (Lipinski definition) is 4. The first-order valence-electron chi connectivity index (χ1n) is 5.82. The zero-order valence-corrected chi connectivity index (χ0v) is 9.89. The van der Waals surface area contributed by atoms with Gasteiger partial charge in [0.2, 0.25) is 5.95 Å². The first-order chi connectivity index (χ1) is 8.25. The highest BCUT2D eigenvalue weighted by Crippen LogP contribution is 2.22. The molecule has 3 heterocycles. The van der Waals surface area contributed by atoms with Crippen LogP contribution in [0.25, 0.3) is 5.52 Å². The van der Waals surface area contributed by atoms with E-state index in [-0.39, 0.29) is 0 Å². The molecule has 17 heavy (non-hydrogen) atoms. The Morgan fingerprint density at radius 3 is 2.88 bits per heavy atom. The van der Waals surface area contributed by atoms with Gasteiger partial charge in [0.25, 0.3) is 0 Å². The second-order valence-corrected chi connectivity index (χ2v) is 4.30. The molecule has 1 aliphatic rings. The van der Waals surface area contributed by atoms with Gasteiger partial charge in [-0.3, -0.25) is 4.40 Å². The van der Waals surface area contributed by atoms with Crippen LogP contribution in [-0.2, 0) is 4.74 Å². The van der Waals surface area contributed by atoms with Crippen LogP contribution in [-0.4, -0.2) is 35.7 Å². The number of imidazole rings is 1. The van der Waals surface area contributed by atoms with Crippen LogP contribution in [0.3, 0.4) is 0 Å². The summed E-state index contributed by atoms with van der Waals surface area (Å²) in [7, 11) is 0. The Bertz CT molecular complexity index is 543. The number of rotatable bonds is 1. The SMILES string of the molecule is Cc1nc(N)n2ccc(N3CCOCC3)cc12. The third kappa shape index (κ3) is 1.72. The van der Waals surface area contributed by atoms with Crippen LogP contribution in [0.15, 0.2) is 18.3 Å². The molecular weight excluding hydrogens is 216 g/mol. The number of aryl methyl sites for hydroxylation is 1. The summed E-state index contributed by atoms with van der Waals surface area (Å²) in [6, 6.07) is 4.22. The molecule has 0 radical (unpaired) electrons. The number of fused-ring (bicyclic) bond motifs is 1. The molecular formula is C12H16N4O. The van der Waals surface area contributed by atoms with E-state index >= 15 is 0 Å². The number of pyridine rings is 1. The Kier molecular flexibility index (Phi) is 2.40. The molecule has 0 spiro atoms. The van der Waals surface area contributed by atoms with Gasteiger partial charge in [-0.1, -0.05) is 0 Å². The molecule has 1 fully saturated rings. The number of anilines is 2. The molecule has 2 aromatic rings. The first-order valence-corrected chi connectivity index (χ1v) is 5.82. The van der Waals surface area contributed by atoms with Gasteiger partial charge < -0.3 is 15.4 Å². The molecule has 0 aromatic carbocycles. The first kappa shape index (κ1) is 10.4. The van der Waals surface area contributed by atoms with Crippen molar-refractivity contribution in [3.8, 4) is 0 Å². The summed E-state index contributed by atoms with van der Waals surface area (Å²) >= 11 is 0. The minimum atomic E-state index is 0.547. The summed E-state index contributed by atoms with van der Waals surface area (Å²) < 4.78 is 7.27. The topological polar surface area (TPSA) is 55.8 Å². The summed E-state index contributed by atoms with van der Waals surface area (Å²) in [6.07, 6.45) is 1.98. The maximum absolute atomic E-state index is 5.82. The van der Waals surface area contributed by atoms with Gasteiger partial charge in [-0.2, -0.15) is 0 Å². The molecule has 5 nitrogen and oxygen atoms in total. The van der Waals surface area contributed by atoms with E-state index in [0.717, 1.165) is 37.5 Å². The highest BCUT2D eigenvalue weighted by Gasteiger charge is 2.13. The third-order valence-corrected chi connectivity index (χ3v) is 3.21. The van der Waals surface area contributed by atoms with Gasteiger partial charge >= 0.3 is 0 Å². The van der Waals surface area contributed by atoms with Crippen LogP contribution in [0.1, 0.15) is 5.69 Å². The second kappa shape index (κ2) is 3.92. The number of aromatic nitrogens is 2. The van der Waals surface area contributed by atoms with Crippen molar-refractivity contribution in [2.24, 2.45) is 0 Å². The Morgan fingerprint density at radius 1 is 1.35 bits per heavy atom. The molecule has 1 saturated heterocycles. The number of nitrogens with two attached hydrogens (primary N) is 1. The Hall–Kier alpha value is -1.75. The van der Waals surface area contributed by atoms with Gasteiger partial charge in [-0.05, 0) is 19.1 Å². The van der Waals surface area contributed by atoms with Gasteiger partial charge in [0, 0.05) is 25.0 Å². The predicted octanol–water partition coefficient (Wildman–Crippen LogP) is 1.06. The second-order valence-electron chi connectivity index (χ2n) is 4.30. The number of morpholine rings is 1. The van der Waals surface area contributed by atoms with Crippen LogP contribution >= 0.6 is 0 Å². The van der Waals surface area contributed by atoms with Crippen molar-refractivity contribution in [3.63, 3.8) is 0 Å². The predicted molar refractivity (Wildman–Crippen MR) is 67.4 cm³/mol. The zero-order chi connectivity index (χ0) is 11.8. The maximum atomic E-state index is 5.82. The number of hydrogen-bond donors (Lipinski definition) is 1. The van der Waals surface area contributed by atoms with Gasteiger partial charge in [-0.25, -0.2) is 4.98 Å². The van der Waals surface area contributed by atoms with Crippen LogP contribution in [0, 0.1) is 6.92 Å². The van der Waals surface area contributed by atoms with Gasteiger partial charge in [0.1, 0.15) is 0 Å². The van der Waals surface area contributed by atoms with E-state index in [9.17, 15) is 0 Å². The van der Waals surface area contributed by atoms with Gasteiger partial charge in [-0.15, -0.1) is 0 Å². The van der Waals surface area contributed by atoms with Crippen LogP contribution in [0.5, 0.6) is 0 Å². The minimum absolute atomic E-state index is 0.547. The highest BCUT2D eigenvalue weighted by molar-refractivity contribution is 5.65. The van der Waals surface area contributed by atoms with E-state index in [1.807, 2.05) is 17.5 Å². The molecule has 0 unspecified atom stereocenters. The van der Waals surface area contributed by atoms with E-state index in [1.165, 1.54) is 5.69 Å². The summed E-state index contributed by atoms with van der Waals surface area (Å²) in [6.45, 7) is 5.46. The zero-order valence-electron chi connectivity index (χ0n) is 9.89. The molecule has 0 aliphatic carbocycles. The highest BCUT2D eigenvalue weighted by atomic mass is 16.5. The van der Waals surface area contributed by atoms with Crippen molar-refractivity contribution >= 4 is 17.2 Å². The molecule has 90 valence electrons. The Morgan fingerprint density at radius 2 is 2.12 bits per heavy atom. The summed E-state index contributed by atoms with van der Waals surface area (Å²) in [4.78, 5) is 6.60. The molecule has 3 rings (SSSR count). The van der Waals surface area contributed by atoms with Crippen molar-refractivity contribution in [1.29, 1.82) is 0 Å². The monoisotopic (exact) mass is 232 g/mol. The minimum Gasteiger partial charge on any atom is -0.378 e. The van der Waals surface area contributed by atoms with Crippen LogP contribution in [0.2, 0.25) is 0 Å². The molecule has 2 aromatic heterocycles. The lowest BCUT2D eigenvalue weighted by Gasteiger charge is -2.28. The lowest BCUT2D eigenvalue weighted by atomic mass is 10.2. The van der Waals surface area contributed by atoms with Crippen molar-refractivity contribution in [1.82, 2.24) is 9.38 Å². The van der Waals surface area contributed by atoms with E-state index in [4.69, 9.17) is 10.5 Å². The molecule has 2 N–H and O–H groups in total. The van der Waals surface area contributed by atoms with E-state index in [2.05, 4.69) is 22.0 Å². The van der Waals surface area contributed by atoms with Gasteiger partial charge in [0.05, 0.1) is 24.4 Å². The lowest BCUT2D eigenvalue weighted by molar-refractivity contribution is 0.122. The van der Waals surface area contributed by atoms with E-state index < -0.39 is 0 Å². The number of nitrogens with zero attached hydrogens (tertiary/aromatic N) is 3. The fourth-order valence-corrected chi connectivity index (χ4v) is 2.27. The van der Waals surface area contributed by atoms with Gasteiger partial charge in [0.15, 0.2) is 0 Å². The molecule has 0 saturated carbocycles. The molecule has 5 heteroatoms. The smallest absolute Gasteiger partial charge is 0.205 e. The molecule has 0 bridgehead atoms. The summed E-state index contributed by atoms with van der Waals surface area (Å²) in [5.74, 6) is 0.547. The van der Waals surface area contributed by atoms with E-state index in [0.29, 0.717) is 5.95 Å². The van der Waals surface area contributed by atoms with Crippen LogP contribution < -0.4 is 10.6 Å². The maximum Gasteiger partial charge on any atom is 0.205 e. The Labute approximate surface area is 99.8 Å². The molecule has 1 aliphatic heterocycles. The fraction of sp³-hybridized carbons (Fsp3) is 0.417. The van der Waals surface area contributed by atoms with Crippen molar-refractivity contribution in [2.75, 3.05) is 36.9 Å².